The Labute approximate surface area is 114 Å². The summed E-state index contributed by atoms with van der Waals surface area (Å²) in [6.07, 6.45) is 0. The second-order valence-electron chi connectivity index (χ2n) is 1.97. The fourth-order valence-corrected chi connectivity index (χ4v) is 0.706. The van der Waals surface area contributed by atoms with Crippen LogP contribution < -0.4 is 58.2 Å². The molecule has 0 N–H and O–H groups in total. The van der Waals surface area contributed by atoms with E-state index in [2.05, 4.69) is 17.3 Å². The molecule has 0 bridgehead atoms. The fourth-order valence-electron chi connectivity index (χ4n) is 0.706. The first kappa shape index (κ1) is 14.3. The molecule has 0 aromatic carbocycles. The van der Waals surface area contributed by atoms with Crippen LogP contribution in [0.4, 0.5) is 0 Å². The topological polar surface area (TPSA) is 17.3 Å². The third-order valence-corrected chi connectivity index (χ3v) is 1.28. The van der Waals surface area contributed by atoms with Gasteiger partial charge in [0.05, 0.1) is 0 Å². The molecule has 1 aliphatic rings. The van der Waals surface area contributed by atoms with E-state index in [-0.39, 0.29) is 58.2 Å². The van der Waals surface area contributed by atoms with Crippen molar-refractivity contribution in [2.24, 2.45) is 0 Å². The summed E-state index contributed by atoms with van der Waals surface area (Å²) in [5.41, 5.74) is 0. The molecule has 0 atom stereocenters. The van der Waals surface area contributed by atoms with Crippen LogP contribution in [-0.2, 0) is 0 Å². The second kappa shape index (κ2) is 10.7. The predicted molar refractivity (Wildman–Crippen MR) is 41.9 cm³/mol. The molecule has 3 heteroatoms. The maximum absolute atomic E-state index is 4.19. The molecule has 1 fully saturated rings. The zero-order valence-corrected chi connectivity index (χ0v) is 12.6. The van der Waals surface area contributed by atoms with Crippen molar-refractivity contribution in [1.29, 1.82) is 0 Å². The monoisotopic (exact) mass is 214 g/mol. The zero-order chi connectivity index (χ0) is 7.11. The van der Waals surface area contributed by atoms with Gasteiger partial charge >= 0.3 is 58.2 Å². The molecule has 1 heterocycles. The Balaban J connectivity index is 0. The van der Waals surface area contributed by atoms with Crippen LogP contribution in [0.2, 0.25) is 0 Å². The molecule has 0 radical (unpaired) electrons. The molecule has 0 aromatic rings. The number of rotatable bonds is 0. The smallest absolute Gasteiger partial charge is 0.660 e. The van der Waals surface area contributed by atoms with Crippen molar-refractivity contribution in [3.8, 4) is 0 Å². The van der Waals surface area contributed by atoms with E-state index >= 15 is 0 Å². The Bertz CT molecular complexity index is 53.6. The molecule has 1 aliphatic heterocycles. The standard InChI is InChI=1S/C5H11N2.C2H6.Rb/c1-7-4-2-6-3-5-7;1-2;/h2-5H2,1H3;1-2H3;/q-1;;+1. The second-order valence-corrected chi connectivity index (χ2v) is 1.97. The number of nitrogens with zero attached hydrogens (tertiary/aromatic N) is 2. The van der Waals surface area contributed by atoms with E-state index in [0.717, 1.165) is 26.2 Å². The molecule has 56 valence electrons. The number of piperazine rings is 1. The molecule has 0 amide bonds. The summed E-state index contributed by atoms with van der Waals surface area (Å²) < 4.78 is 0. The Hall–Kier alpha value is 1.73. The molecule has 10 heavy (non-hydrogen) atoms. The van der Waals surface area contributed by atoms with Crippen molar-refractivity contribution in [1.82, 2.24) is 4.90 Å². The molecule has 0 aliphatic carbocycles. The minimum atomic E-state index is 0. The van der Waals surface area contributed by atoms with Gasteiger partial charge in [-0.25, -0.2) is 0 Å². The number of hydrogen-bond donors (Lipinski definition) is 0. The summed E-state index contributed by atoms with van der Waals surface area (Å²) in [4.78, 5) is 2.30. The summed E-state index contributed by atoms with van der Waals surface area (Å²) in [6, 6.07) is 0. The van der Waals surface area contributed by atoms with Crippen LogP contribution in [0.15, 0.2) is 0 Å². The van der Waals surface area contributed by atoms with Gasteiger partial charge in [-0.1, -0.05) is 13.8 Å². The molecule has 0 aromatic heterocycles. The Morgan fingerprint density at radius 3 is 1.70 bits per heavy atom. The summed E-state index contributed by atoms with van der Waals surface area (Å²) >= 11 is 0. The first-order chi connectivity index (χ1) is 4.39. The summed E-state index contributed by atoms with van der Waals surface area (Å²) in [6.45, 7) is 8.38. The van der Waals surface area contributed by atoms with E-state index in [0.29, 0.717) is 0 Å². The van der Waals surface area contributed by atoms with Gasteiger partial charge in [-0.15, -0.1) is 13.1 Å². The number of hydrogen-bond acceptors (Lipinski definition) is 1. The van der Waals surface area contributed by atoms with Gasteiger partial charge in [-0.2, -0.15) is 0 Å². The molecule has 0 spiro atoms. The Morgan fingerprint density at radius 1 is 1.10 bits per heavy atom. The maximum atomic E-state index is 4.19. The normalized spacial score (nSPS) is 18.3. The van der Waals surface area contributed by atoms with Crippen LogP contribution >= 0.6 is 0 Å². The summed E-state index contributed by atoms with van der Waals surface area (Å²) in [7, 11) is 2.13. The van der Waals surface area contributed by atoms with Gasteiger partial charge in [0, 0.05) is 0 Å². The van der Waals surface area contributed by atoms with Crippen molar-refractivity contribution < 1.29 is 58.2 Å². The maximum Gasteiger partial charge on any atom is 1.00 e. The largest absolute Gasteiger partial charge is 1.00 e. The van der Waals surface area contributed by atoms with E-state index in [9.17, 15) is 0 Å². The van der Waals surface area contributed by atoms with E-state index < -0.39 is 0 Å². The van der Waals surface area contributed by atoms with Crippen molar-refractivity contribution in [2.75, 3.05) is 33.2 Å². The van der Waals surface area contributed by atoms with Gasteiger partial charge in [0.1, 0.15) is 0 Å². The zero-order valence-electron chi connectivity index (χ0n) is 7.72. The third kappa shape index (κ3) is 7.83. The molecule has 0 unspecified atom stereocenters. The quantitative estimate of drug-likeness (QED) is 0.472. The van der Waals surface area contributed by atoms with Crippen molar-refractivity contribution >= 4 is 0 Å². The molecule has 1 rings (SSSR count). The van der Waals surface area contributed by atoms with Crippen LogP contribution in [0.1, 0.15) is 13.8 Å². The van der Waals surface area contributed by atoms with Crippen LogP contribution in [0.25, 0.3) is 5.32 Å². The van der Waals surface area contributed by atoms with E-state index in [1.165, 1.54) is 0 Å². The molecule has 1 saturated heterocycles. The minimum Gasteiger partial charge on any atom is -0.660 e. The molecular formula is C7H17N2Rb. The molecular weight excluding hydrogens is 198 g/mol. The van der Waals surface area contributed by atoms with Crippen LogP contribution in [0.3, 0.4) is 0 Å². The van der Waals surface area contributed by atoms with Crippen LogP contribution in [0.5, 0.6) is 0 Å². The Kier molecular flexibility index (Phi) is 15.3. The van der Waals surface area contributed by atoms with Gasteiger partial charge in [-0.05, 0) is 20.1 Å². The van der Waals surface area contributed by atoms with Crippen molar-refractivity contribution in [3.63, 3.8) is 0 Å². The van der Waals surface area contributed by atoms with Crippen molar-refractivity contribution in [3.05, 3.63) is 5.32 Å². The van der Waals surface area contributed by atoms with Gasteiger partial charge in [0.2, 0.25) is 0 Å². The Morgan fingerprint density at radius 2 is 1.50 bits per heavy atom. The summed E-state index contributed by atoms with van der Waals surface area (Å²) in [5.74, 6) is 0. The average molecular weight is 215 g/mol. The minimum absolute atomic E-state index is 0. The SMILES string of the molecule is CC.CN1CC[N-]CC1.[Rb+]. The third-order valence-electron chi connectivity index (χ3n) is 1.28. The van der Waals surface area contributed by atoms with Gasteiger partial charge in [-0.3, -0.25) is 0 Å². The first-order valence-electron chi connectivity index (χ1n) is 3.71. The van der Waals surface area contributed by atoms with E-state index in [4.69, 9.17) is 0 Å². The predicted octanol–water partition coefficient (Wildman–Crippen LogP) is -1.66. The van der Waals surface area contributed by atoms with Crippen LogP contribution in [-0.4, -0.2) is 38.1 Å². The molecule has 0 saturated carbocycles. The van der Waals surface area contributed by atoms with Gasteiger partial charge in [0.15, 0.2) is 0 Å². The van der Waals surface area contributed by atoms with Gasteiger partial charge < -0.3 is 10.2 Å². The fraction of sp³-hybridized carbons (Fsp3) is 1.00. The van der Waals surface area contributed by atoms with Crippen molar-refractivity contribution in [2.45, 2.75) is 13.8 Å². The van der Waals surface area contributed by atoms with Crippen LogP contribution in [0, 0.1) is 0 Å². The average Bonchev–Trinajstić information content (AvgIpc) is 1.94. The summed E-state index contributed by atoms with van der Waals surface area (Å²) in [5, 5.41) is 4.19. The first-order valence-corrected chi connectivity index (χ1v) is 3.71. The van der Waals surface area contributed by atoms with E-state index in [1.54, 1.807) is 0 Å². The number of likely N-dealkylation sites (N-methyl/N-ethyl adjacent to an activating group) is 1. The molecule has 2 nitrogen and oxygen atoms in total. The van der Waals surface area contributed by atoms with Gasteiger partial charge in [0.25, 0.3) is 0 Å². The van der Waals surface area contributed by atoms with E-state index in [1.807, 2.05) is 13.8 Å².